The van der Waals surface area contributed by atoms with Gasteiger partial charge in [-0.3, -0.25) is 0 Å². The van der Waals surface area contributed by atoms with Crippen LogP contribution in [-0.2, 0) is 6.54 Å². The summed E-state index contributed by atoms with van der Waals surface area (Å²) < 4.78 is 1.13. The molecule has 0 aliphatic carbocycles. The Morgan fingerprint density at radius 2 is 2.14 bits per heavy atom. The normalized spacial score (nSPS) is 10.3. The number of nitrogens with one attached hydrogen (secondary N) is 1. The van der Waals surface area contributed by atoms with Crippen molar-refractivity contribution in [3.63, 3.8) is 0 Å². The van der Waals surface area contributed by atoms with Crippen LogP contribution in [0.1, 0.15) is 16.0 Å². The molecule has 2 aromatic rings. The Morgan fingerprint density at radius 3 is 2.77 bits per heavy atom. The zero-order chi connectivity index (χ0) is 16.1. The summed E-state index contributed by atoms with van der Waals surface area (Å²) in [5, 5.41) is 4.09. The molecule has 2 rings (SSSR count). The smallest absolute Gasteiger partial charge is 0.174 e. The Bertz CT molecular complexity index is 679. The van der Waals surface area contributed by atoms with Gasteiger partial charge < -0.3 is 10.2 Å². The average Bonchev–Trinajstić information content (AvgIpc) is 2.89. The molecule has 1 heterocycles. The molecule has 0 saturated carbocycles. The zero-order valence-electron chi connectivity index (χ0n) is 12.7. The summed E-state index contributed by atoms with van der Waals surface area (Å²) in [7, 11) is 0. The summed E-state index contributed by atoms with van der Waals surface area (Å²) in [4.78, 5) is 3.38. The Hall–Kier alpha value is -1.17. The zero-order valence-corrected chi connectivity index (χ0v) is 15.9. The van der Waals surface area contributed by atoms with E-state index < -0.39 is 0 Å². The lowest BCUT2D eigenvalue weighted by molar-refractivity contribution is 0.468. The Morgan fingerprint density at radius 1 is 1.36 bits per heavy atom. The van der Waals surface area contributed by atoms with E-state index >= 15 is 0 Å². The fourth-order valence-corrected chi connectivity index (χ4v) is 3.83. The summed E-state index contributed by atoms with van der Waals surface area (Å²) in [6.45, 7) is 9.54. The number of halogens is 1. The van der Waals surface area contributed by atoms with Crippen molar-refractivity contribution < 1.29 is 0 Å². The topological polar surface area (TPSA) is 15.3 Å². The molecule has 0 spiro atoms. The molecule has 0 unspecified atom stereocenters. The maximum Gasteiger partial charge on any atom is 0.174 e. The number of hydrogen-bond donors (Lipinski definition) is 1. The molecule has 2 nitrogen and oxygen atoms in total. The van der Waals surface area contributed by atoms with Crippen LogP contribution in [0.2, 0.25) is 0 Å². The Kier molecular flexibility index (Phi) is 6.17. The van der Waals surface area contributed by atoms with Gasteiger partial charge in [-0.2, -0.15) is 0 Å². The first-order valence-electron chi connectivity index (χ1n) is 6.98. The van der Waals surface area contributed by atoms with Gasteiger partial charge in [-0.25, -0.2) is 0 Å². The van der Waals surface area contributed by atoms with Gasteiger partial charge >= 0.3 is 0 Å². The number of thiocarbonyl (C=S) groups is 1. The predicted molar refractivity (Wildman–Crippen MR) is 105 cm³/mol. The molecule has 0 aliphatic rings. The molecule has 0 atom stereocenters. The second-order valence-electron chi connectivity index (χ2n) is 5.05. The highest BCUT2D eigenvalue weighted by Gasteiger charge is 2.12. The first-order chi connectivity index (χ1) is 10.5. The van der Waals surface area contributed by atoms with Crippen LogP contribution in [0.25, 0.3) is 0 Å². The second kappa shape index (κ2) is 7.90. The van der Waals surface area contributed by atoms with Crippen LogP contribution in [0.4, 0.5) is 5.69 Å². The lowest BCUT2D eigenvalue weighted by atomic mass is 10.1. The fraction of sp³-hybridized carbons (Fsp3) is 0.235. The molecule has 0 radical (unpaired) electrons. The van der Waals surface area contributed by atoms with Gasteiger partial charge in [-0.05, 0) is 71.3 Å². The minimum Gasteiger partial charge on any atom is -0.340 e. The van der Waals surface area contributed by atoms with Crippen LogP contribution in [0.3, 0.4) is 0 Å². The summed E-state index contributed by atoms with van der Waals surface area (Å²) in [5.41, 5.74) is 3.54. The molecule has 1 N–H and O–H groups in total. The molecule has 1 aromatic carbocycles. The van der Waals surface area contributed by atoms with Crippen molar-refractivity contribution in [2.24, 2.45) is 0 Å². The van der Waals surface area contributed by atoms with Crippen molar-refractivity contribution in [3.8, 4) is 0 Å². The SMILES string of the molecule is C=CCN(Cc1ccc(Br)s1)C(=S)Nc1cccc(C)c1C. The lowest BCUT2D eigenvalue weighted by Crippen LogP contribution is -2.34. The third kappa shape index (κ3) is 4.41. The standard InChI is InChI=1S/C17H19BrN2S2/c1-4-10-20(11-14-8-9-16(18)22-14)17(21)19-15-7-5-6-12(2)13(15)3/h4-9H,1,10-11H2,2-3H3,(H,19,21). The molecule has 22 heavy (non-hydrogen) atoms. The first kappa shape index (κ1) is 17.2. The van der Waals surface area contributed by atoms with Crippen molar-refractivity contribution in [2.75, 3.05) is 11.9 Å². The lowest BCUT2D eigenvalue weighted by Gasteiger charge is -2.25. The van der Waals surface area contributed by atoms with E-state index in [-0.39, 0.29) is 0 Å². The molecule has 0 bridgehead atoms. The van der Waals surface area contributed by atoms with Crippen LogP contribution in [0, 0.1) is 13.8 Å². The summed E-state index contributed by atoms with van der Waals surface area (Å²) in [5.74, 6) is 0. The van der Waals surface area contributed by atoms with E-state index in [2.05, 4.69) is 70.8 Å². The number of benzene rings is 1. The third-order valence-corrected chi connectivity index (χ3v) is 5.43. The van der Waals surface area contributed by atoms with Gasteiger partial charge in [0.1, 0.15) is 0 Å². The van der Waals surface area contributed by atoms with Crippen LogP contribution in [0.15, 0.2) is 46.8 Å². The van der Waals surface area contributed by atoms with Crippen molar-refractivity contribution in [1.82, 2.24) is 4.90 Å². The summed E-state index contributed by atoms with van der Waals surface area (Å²) >= 11 is 10.8. The van der Waals surface area contributed by atoms with Gasteiger partial charge in [0.15, 0.2) is 5.11 Å². The highest BCUT2D eigenvalue weighted by atomic mass is 79.9. The molecule has 0 amide bonds. The first-order valence-corrected chi connectivity index (χ1v) is 9.00. The number of thiophene rings is 1. The average molecular weight is 395 g/mol. The summed E-state index contributed by atoms with van der Waals surface area (Å²) in [6, 6.07) is 10.4. The molecule has 0 saturated heterocycles. The minimum atomic E-state index is 0.714. The van der Waals surface area contributed by atoms with Gasteiger partial charge in [-0.15, -0.1) is 17.9 Å². The molecule has 5 heteroatoms. The van der Waals surface area contributed by atoms with Crippen molar-refractivity contribution in [3.05, 3.63) is 62.8 Å². The predicted octanol–water partition coefficient (Wildman–Crippen LogP) is 5.51. The number of anilines is 1. The molecular weight excluding hydrogens is 376 g/mol. The van der Waals surface area contributed by atoms with Gasteiger partial charge in [0.25, 0.3) is 0 Å². The number of nitrogens with zero attached hydrogens (tertiary/aromatic N) is 1. The van der Waals surface area contributed by atoms with E-state index in [1.807, 2.05) is 12.1 Å². The van der Waals surface area contributed by atoms with Crippen molar-refractivity contribution >= 4 is 50.3 Å². The van der Waals surface area contributed by atoms with Gasteiger partial charge in [-0.1, -0.05) is 18.2 Å². The third-order valence-electron chi connectivity index (χ3n) is 3.46. The Labute approximate surface area is 150 Å². The minimum absolute atomic E-state index is 0.714. The van der Waals surface area contributed by atoms with Gasteiger partial charge in [0.2, 0.25) is 0 Å². The van der Waals surface area contributed by atoms with Crippen LogP contribution < -0.4 is 5.32 Å². The largest absolute Gasteiger partial charge is 0.340 e. The highest BCUT2D eigenvalue weighted by Crippen LogP contribution is 2.24. The number of aryl methyl sites for hydroxylation is 1. The molecule has 0 fully saturated rings. The summed E-state index contributed by atoms with van der Waals surface area (Å²) in [6.07, 6.45) is 1.87. The van der Waals surface area contributed by atoms with E-state index in [4.69, 9.17) is 12.2 Å². The maximum atomic E-state index is 5.59. The van der Waals surface area contributed by atoms with E-state index in [0.29, 0.717) is 6.54 Å². The van der Waals surface area contributed by atoms with Crippen LogP contribution >= 0.6 is 39.5 Å². The quantitative estimate of drug-likeness (QED) is 0.531. The molecule has 116 valence electrons. The van der Waals surface area contributed by atoms with E-state index in [1.54, 1.807) is 11.3 Å². The monoisotopic (exact) mass is 394 g/mol. The number of rotatable bonds is 5. The van der Waals surface area contributed by atoms with Gasteiger partial charge in [0, 0.05) is 17.1 Å². The van der Waals surface area contributed by atoms with Crippen molar-refractivity contribution in [1.29, 1.82) is 0 Å². The Balaban J connectivity index is 2.12. The van der Waals surface area contributed by atoms with E-state index in [9.17, 15) is 0 Å². The second-order valence-corrected chi connectivity index (χ2v) is 7.99. The maximum absolute atomic E-state index is 5.59. The van der Waals surface area contributed by atoms with Crippen LogP contribution in [0.5, 0.6) is 0 Å². The fourth-order valence-electron chi connectivity index (χ4n) is 2.08. The van der Waals surface area contributed by atoms with E-state index in [1.165, 1.54) is 16.0 Å². The molecule has 1 aromatic heterocycles. The van der Waals surface area contributed by atoms with Crippen molar-refractivity contribution in [2.45, 2.75) is 20.4 Å². The highest BCUT2D eigenvalue weighted by molar-refractivity contribution is 9.11. The molecular formula is C17H19BrN2S2. The van der Waals surface area contributed by atoms with Crippen LogP contribution in [-0.4, -0.2) is 16.6 Å². The van der Waals surface area contributed by atoms with E-state index in [0.717, 1.165) is 21.1 Å². The number of hydrogen-bond acceptors (Lipinski definition) is 2. The van der Waals surface area contributed by atoms with Gasteiger partial charge in [0.05, 0.1) is 10.3 Å². The molecule has 0 aliphatic heterocycles.